The second-order valence-corrected chi connectivity index (χ2v) is 4.64. The normalized spacial score (nSPS) is 17.9. The number of nitrogens with zero attached hydrogens (tertiary/aromatic N) is 2. The van der Waals surface area contributed by atoms with Gasteiger partial charge in [-0.1, -0.05) is 31.2 Å². The van der Waals surface area contributed by atoms with Crippen LogP contribution in [0, 0.1) is 0 Å². The van der Waals surface area contributed by atoms with Crippen LogP contribution >= 0.6 is 0 Å². The molecule has 1 aliphatic rings. The van der Waals surface area contributed by atoms with Crippen LogP contribution in [0.25, 0.3) is 0 Å². The molecule has 108 valence electrons. The molecule has 1 heterocycles. The van der Waals surface area contributed by atoms with Crippen molar-refractivity contribution in [2.75, 3.05) is 20.2 Å². The summed E-state index contributed by atoms with van der Waals surface area (Å²) in [5.41, 5.74) is 2.60. The minimum absolute atomic E-state index is 0.184. The number of nitrogens with one attached hydrogen (secondary N) is 1. The second-order valence-electron chi connectivity index (χ2n) is 4.64. The molecule has 1 aromatic rings. The molecule has 0 bridgehead atoms. The Hall–Kier alpha value is -2.04. The van der Waals surface area contributed by atoms with Crippen LogP contribution in [-0.4, -0.2) is 37.2 Å². The number of hydrogen-bond donors (Lipinski definition) is 1. The zero-order chi connectivity index (χ0) is 14.5. The maximum atomic E-state index is 11.4. The van der Waals surface area contributed by atoms with E-state index >= 15 is 0 Å². The van der Waals surface area contributed by atoms with E-state index in [4.69, 9.17) is 0 Å². The number of benzene rings is 1. The maximum absolute atomic E-state index is 11.4. The largest absolute Gasteiger partial charge is 0.453 e. The van der Waals surface area contributed by atoms with Gasteiger partial charge in [0.1, 0.15) is 0 Å². The van der Waals surface area contributed by atoms with Crippen LogP contribution in [0.2, 0.25) is 0 Å². The Labute approximate surface area is 119 Å². The van der Waals surface area contributed by atoms with Gasteiger partial charge >= 0.3 is 6.09 Å². The topological polar surface area (TPSA) is 53.9 Å². The molecule has 1 aromatic carbocycles. The van der Waals surface area contributed by atoms with Crippen molar-refractivity contribution in [2.45, 2.75) is 26.3 Å². The standard InChI is InChI=1S/C15H21N3O2/c1-4-11-8-6-7-9-12(11)13-10-16-14(18(13)5-2)17-15(19)20-3/h6-9,13H,4-5,10H2,1-3H3,(H,16,17,19). The van der Waals surface area contributed by atoms with Crippen molar-refractivity contribution in [2.24, 2.45) is 4.99 Å². The number of amides is 1. The van der Waals surface area contributed by atoms with Crippen LogP contribution in [-0.2, 0) is 11.2 Å². The van der Waals surface area contributed by atoms with Gasteiger partial charge in [-0.15, -0.1) is 0 Å². The van der Waals surface area contributed by atoms with Crippen LogP contribution in [0.4, 0.5) is 4.79 Å². The third-order valence-electron chi connectivity index (χ3n) is 3.60. The molecular formula is C15H21N3O2. The predicted molar refractivity (Wildman–Crippen MR) is 78.8 cm³/mol. The van der Waals surface area contributed by atoms with Crippen LogP contribution in [0.15, 0.2) is 29.3 Å². The van der Waals surface area contributed by atoms with Crippen LogP contribution in [0.3, 0.4) is 0 Å². The first-order chi connectivity index (χ1) is 9.71. The Morgan fingerprint density at radius 3 is 2.85 bits per heavy atom. The molecule has 0 aromatic heterocycles. The Balaban J connectivity index is 2.21. The number of ether oxygens (including phenoxy) is 1. The molecule has 0 radical (unpaired) electrons. The van der Waals surface area contributed by atoms with Gasteiger partial charge in [0.2, 0.25) is 5.96 Å². The lowest BCUT2D eigenvalue weighted by Gasteiger charge is -2.28. The second kappa shape index (κ2) is 6.41. The lowest BCUT2D eigenvalue weighted by atomic mass is 9.98. The van der Waals surface area contributed by atoms with Crippen molar-refractivity contribution >= 4 is 12.1 Å². The first-order valence-electron chi connectivity index (χ1n) is 6.95. The third-order valence-corrected chi connectivity index (χ3v) is 3.60. The quantitative estimate of drug-likeness (QED) is 0.921. The van der Waals surface area contributed by atoms with Crippen molar-refractivity contribution in [3.63, 3.8) is 0 Å². The Morgan fingerprint density at radius 2 is 2.20 bits per heavy atom. The monoisotopic (exact) mass is 275 g/mol. The molecule has 0 fully saturated rings. The van der Waals surface area contributed by atoms with Crippen LogP contribution in [0.1, 0.15) is 31.0 Å². The number of carbonyl (C=O) groups is 1. The highest BCUT2D eigenvalue weighted by molar-refractivity contribution is 5.95. The number of aliphatic imine (C=N–C) groups is 1. The zero-order valence-corrected chi connectivity index (χ0v) is 12.2. The van der Waals surface area contributed by atoms with E-state index in [9.17, 15) is 4.79 Å². The van der Waals surface area contributed by atoms with Crippen molar-refractivity contribution in [1.29, 1.82) is 0 Å². The number of carbonyl (C=O) groups excluding carboxylic acids is 1. The number of methoxy groups -OCH3 is 1. The fraction of sp³-hybridized carbons (Fsp3) is 0.467. The Morgan fingerprint density at radius 1 is 1.45 bits per heavy atom. The molecule has 1 unspecified atom stereocenters. The highest BCUT2D eigenvalue weighted by Crippen LogP contribution is 2.28. The van der Waals surface area contributed by atoms with E-state index in [0.29, 0.717) is 12.5 Å². The summed E-state index contributed by atoms with van der Waals surface area (Å²) in [6.07, 6.45) is 0.510. The van der Waals surface area contributed by atoms with Gasteiger partial charge in [0.15, 0.2) is 0 Å². The molecule has 1 aliphatic heterocycles. The molecule has 5 heteroatoms. The van der Waals surface area contributed by atoms with E-state index in [1.165, 1.54) is 18.2 Å². The van der Waals surface area contributed by atoms with Gasteiger partial charge in [-0.2, -0.15) is 0 Å². The van der Waals surface area contributed by atoms with E-state index in [-0.39, 0.29) is 6.04 Å². The van der Waals surface area contributed by atoms with Crippen molar-refractivity contribution in [3.05, 3.63) is 35.4 Å². The predicted octanol–water partition coefficient (Wildman–Crippen LogP) is 2.34. The van der Waals surface area contributed by atoms with Crippen molar-refractivity contribution in [3.8, 4) is 0 Å². The third kappa shape index (κ3) is 2.76. The van der Waals surface area contributed by atoms with Crippen molar-refractivity contribution in [1.82, 2.24) is 10.2 Å². The summed E-state index contributed by atoms with van der Waals surface area (Å²) in [5, 5.41) is 2.68. The van der Waals surface area contributed by atoms with Gasteiger partial charge in [-0.25, -0.2) is 4.79 Å². The van der Waals surface area contributed by atoms with E-state index in [2.05, 4.69) is 52.0 Å². The number of aryl methyl sites for hydroxylation is 1. The van der Waals surface area contributed by atoms with E-state index < -0.39 is 6.09 Å². The average molecular weight is 275 g/mol. The summed E-state index contributed by atoms with van der Waals surface area (Å²) >= 11 is 0. The lowest BCUT2D eigenvalue weighted by molar-refractivity contribution is 0.175. The summed E-state index contributed by atoms with van der Waals surface area (Å²) in [4.78, 5) is 17.9. The molecule has 1 N–H and O–H groups in total. The average Bonchev–Trinajstić information content (AvgIpc) is 2.89. The lowest BCUT2D eigenvalue weighted by Crippen LogP contribution is -2.42. The van der Waals surface area contributed by atoms with E-state index in [1.807, 2.05) is 6.07 Å². The smallest absolute Gasteiger partial charge is 0.413 e. The maximum Gasteiger partial charge on any atom is 0.413 e. The fourth-order valence-electron chi connectivity index (χ4n) is 2.58. The van der Waals surface area contributed by atoms with Crippen LogP contribution in [0.5, 0.6) is 0 Å². The zero-order valence-electron chi connectivity index (χ0n) is 12.2. The van der Waals surface area contributed by atoms with Crippen LogP contribution < -0.4 is 5.32 Å². The highest BCUT2D eigenvalue weighted by atomic mass is 16.5. The molecular weight excluding hydrogens is 254 g/mol. The number of hydrogen-bond acceptors (Lipinski definition) is 4. The molecule has 0 aliphatic carbocycles. The summed E-state index contributed by atoms with van der Waals surface area (Å²) in [7, 11) is 1.35. The first kappa shape index (κ1) is 14.4. The minimum atomic E-state index is -0.480. The summed E-state index contributed by atoms with van der Waals surface area (Å²) in [5.74, 6) is 0.593. The molecule has 0 saturated carbocycles. The van der Waals surface area contributed by atoms with Gasteiger partial charge in [0.25, 0.3) is 0 Å². The number of likely N-dealkylation sites (N-methyl/N-ethyl adjacent to an activating group) is 1. The Kier molecular flexibility index (Phi) is 4.61. The minimum Gasteiger partial charge on any atom is -0.453 e. The number of guanidine groups is 1. The molecule has 0 saturated heterocycles. The SMILES string of the molecule is CCc1ccccc1C1CN=C(NC(=O)OC)N1CC. The molecule has 1 amide bonds. The Bertz CT molecular complexity index is 514. The summed E-state index contributed by atoms with van der Waals surface area (Å²) in [6, 6.07) is 8.58. The molecule has 5 nitrogen and oxygen atoms in total. The molecule has 20 heavy (non-hydrogen) atoms. The van der Waals surface area contributed by atoms with Gasteiger partial charge < -0.3 is 9.64 Å². The van der Waals surface area contributed by atoms with Gasteiger partial charge in [-0.3, -0.25) is 10.3 Å². The molecule has 1 atom stereocenters. The molecule has 0 spiro atoms. The van der Waals surface area contributed by atoms with E-state index in [0.717, 1.165) is 13.0 Å². The summed E-state index contributed by atoms with van der Waals surface area (Å²) in [6.45, 7) is 5.65. The number of alkyl carbamates (subject to hydrolysis) is 1. The highest BCUT2D eigenvalue weighted by Gasteiger charge is 2.30. The van der Waals surface area contributed by atoms with Gasteiger partial charge in [-0.05, 0) is 24.5 Å². The van der Waals surface area contributed by atoms with E-state index in [1.54, 1.807) is 0 Å². The number of rotatable bonds is 3. The summed E-state index contributed by atoms with van der Waals surface area (Å²) < 4.78 is 4.63. The van der Waals surface area contributed by atoms with Gasteiger partial charge in [0.05, 0.1) is 19.7 Å². The fourth-order valence-corrected chi connectivity index (χ4v) is 2.58. The first-order valence-corrected chi connectivity index (χ1v) is 6.95. The molecule has 2 rings (SSSR count). The van der Waals surface area contributed by atoms with Crippen molar-refractivity contribution < 1.29 is 9.53 Å². The van der Waals surface area contributed by atoms with Gasteiger partial charge in [0, 0.05) is 6.54 Å².